The predicted molar refractivity (Wildman–Crippen MR) is 90.8 cm³/mol. The number of hydrazone groups is 1. The van der Waals surface area contributed by atoms with Gasteiger partial charge in [0.25, 0.3) is 10.0 Å². The summed E-state index contributed by atoms with van der Waals surface area (Å²) >= 11 is 0. The lowest BCUT2D eigenvalue weighted by Crippen LogP contribution is -2.18. The van der Waals surface area contributed by atoms with Gasteiger partial charge in [0.05, 0.1) is 17.7 Å². The zero-order chi connectivity index (χ0) is 17.2. The summed E-state index contributed by atoms with van der Waals surface area (Å²) < 4.78 is 35.3. The number of nitrogens with one attached hydrogen (secondary N) is 1. The molecule has 1 saturated carbocycles. The third-order valence-electron chi connectivity index (χ3n) is 3.93. The van der Waals surface area contributed by atoms with Crippen LogP contribution in [0.4, 0.5) is 0 Å². The Balaban J connectivity index is 1.62. The van der Waals surface area contributed by atoms with Crippen LogP contribution in [0.3, 0.4) is 0 Å². The number of ether oxygens (including phenoxy) is 1. The van der Waals surface area contributed by atoms with Crippen molar-refractivity contribution in [2.45, 2.75) is 31.1 Å². The van der Waals surface area contributed by atoms with Crippen molar-refractivity contribution in [3.63, 3.8) is 0 Å². The quantitative estimate of drug-likeness (QED) is 0.616. The summed E-state index contributed by atoms with van der Waals surface area (Å²) in [6.45, 7) is 4.57. The van der Waals surface area contributed by atoms with E-state index in [1.165, 1.54) is 18.3 Å². The first-order chi connectivity index (χ1) is 11.5. The average molecular weight is 348 g/mol. The van der Waals surface area contributed by atoms with Gasteiger partial charge in [-0.25, -0.2) is 0 Å². The van der Waals surface area contributed by atoms with Gasteiger partial charge in [-0.05, 0) is 55.7 Å². The van der Waals surface area contributed by atoms with Crippen LogP contribution in [0.15, 0.2) is 50.8 Å². The number of hydrogen-bond acceptors (Lipinski definition) is 5. The zero-order valence-corrected chi connectivity index (χ0v) is 14.4. The van der Waals surface area contributed by atoms with Gasteiger partial charge in [0.15, 0.2) is 0 Å². The number of furan rings is 1. The summed E-state index contributed by atoms with van der Waals surface area (Å²) in [5, 5.41) is 3.77. The van der Waals surface area contributed by atoms with Gasteiger partial charge < -0.3 is 9.15 Å². The highest BCUT2D eigenvalue weighted by Gasteiger charge is 2.36. The molecular weight excluding hydrogens is 328 g/mol. The standard InChI is InChI=1S/C17H20N2O4S/c1-3-22-13-4-7-15(8-5-13)24(20,21)19-18-11-14-6-9-17(23-14)16-10-12(16)2/h4-9,11-12,16,19H,3,10H2,1-2H3/b18-11-/t12-,16-/m1/s1. The van der Waals surface area contributed by atoms with Gasteiger partial charge >= 0.3 is 0 Å². The lowest BCUT2D eigenvalue weighted by molar-refractivity contribution is 0.340. The first kappa shape index (κ1) is 16.6. The average Bonchev–Trinajstić information content (AvgIpc) is 3.09. The fourth-order valence-electron chi connectivity index (χ4n) is 2.45. The molecule has 0 saturated heterocycles. The van der Waals surface area contributed by atoms with Gasteiger partial charge in [0.2, 0.25) is 0 Å². The maximum atomic E-state index is 12.2. The van der Waals surface area contributed by atoms with Gasteiger partial charge in [-0.2, -0.15) is 18.4 Å². The van der Waals surface area contributed by atoms with Gasteiger partial charge in [-0.1, -0.05) is 6.92 Å². The molecule has 1 aromatic carbocycles. The molecule has 0 radical (unpaired) electrons. The highest BCUT2D eigenvalue weighted by atomic mass is 32.2. The van der Waals surface area contributed by atoms with Crippen LogP contribution in [-0.2, 0) is 10.0 Å². The minimum absolute atomic E-state index is 0.120. The Bertz CT molecular complexity index is 825. The van der Waals surface area contributed by atoms with E-state index in [-0.39, 0.29) is 4.90 Å². The molecule has 7 heteroatoms. The number of benzene rings is 1. The van der Waals surface area contributed by atoms with E-state index in [2.05, 4.69) is 16.9 Å². The van der Waals surface area contributed by atoms with Crippen molar-refractivity contribution in [2.75, 3.05) is 6.61 Å². The molecular formula is C17H20N2O4S. The largest absolute Gasteiger partial charge is 0.494 e. The van der Waals surface area contributed by atoms with Crippen molar-refractivity contribution < 1.29 is 17.6 Å². The van der Waals surface area contributed by atoms with Crippen molar-refractivity contribution in [2.24, 2.45) is 11.0 Å². The number of rotatable bonds is 7. The lowest BCUT2D eigenvalue weighted by Gasteiger charge is -2.05. The molecule has 0 bridgehead atoms. The third kappa shape index (κ3) is 3.79. The second-order valence-corrected chi connectivity index (χ2v) is 7.48. The molecule has 1 aliphatic carbocycles. The lowest BCUT2D eigenvalue weighted by atomic mass is 10.3. The van der Waals surface area contributed by atoms with Crippen LogP contribution in [0.25, 0.3) is 0 Å². The van der Waals surface area contributed by atoms with Gasteiger partial charge in [-0.15, -0.1) is 0 Å². The fourth-order valence-corrected chi connectivity index (χ4v) is 3.24. The van der Waals surface area contributed by atoms with Crippen molar-refractivity contribution in [1.29, 1.82) is 0 Å². The molecule has 0 unspecified atom stereocenters. The number of sulfonamides is 1. The minimum atomic E-state index is -3.71. The smallest absolute Gasteiger partial charge is 0.276 e. The minimum Gasteiger partial charge on any atom is -0.494 e. The number of hydrogen-bond donors (Lipinski definition) is 1. The summed E-state index contributed by atoms with van der Waals surface area (Å²) in [4.78, 5) is 2.30. The molecule has 0 aliphatic heterocycles. The van der Waals surface area contributed by atoms with Crippen LogP contribution in [0, 0.1) is 5.92 Å². The van der Waals surface area contributed by atoms with E-state index in [0.29, 0.717) is 30.0 Å². The van der Waals surface area contributed by atoms with Crippen LogP contribution in [0.5, 0.6) is 5.75 Å². The summed E-state index contributed by atoms with van der Waals surface area (Å²) in [6, 6.07) is 9.87. The molecule has 1 N–H and O–H groups in total. The Morgan fingerprint density at radius 2 is 2.00 bits per heavy atom. The Kier molecular flexibility index (Phi) is 4.62. The molecule has 1 aromatic heterocycles. The first-order valence-corrected chi connectivity index (χ1v) is 9.35. The van der Waals surface area contributed by atoms with Gasteiger partial charge in [0.1, 0.15) is 17.3 Å². The topological polar surface area (TPSA) is 80.9 Å². The van der Waals surface area contributed by atoms with E-state index < -0.39 is 10.0 Å². The van der Waals surface area contributed by atoms with Crippen LogP contribution in [0.1, 0.15) is 37.7 Å². The summed E-state index contributed by atoms with van der Waals surface area (Å²) in [6.07, 6.45) is 2.50. The molecule has 6 nitrogen and oxygen atoms in total. The molecule has 0 spiro atoms. The van der Waals surface area contributed by atoms with Crippen LogP contribution < -0.4 is 9.57 Å². The summed E-state index contributed by atoms with van der Waals surface area (Å²) in [5.41, 5.74) is 0. The van der Waals surface area contributed by atoms with Gasteiger partial charge in [-0.3, -0.25) is 0 Å². The van der Waals surface area contributed by atoms with E-state index in [4.69, 9.17) is 9.15 Å². The number of nitrogens with zero attached hydrogens (tertiary/aromatic N) is 1. The maximum absolute atomic E-state index is 12.2. The normalized spacial score (nSPS) is 20.2. The summed E-state index contributed by atoms with van der Waals surface area (Å²) in [7, 11) is -3.71. The Hall–Kier alpha value is -2.28. The summed E-state index contributed by atoms with van der Waals surface area (Å²) in [5.74, 6) is 3.21. The maximum Gasteiger partial charge on any atom is 0.276 e. The molecule has 0 amide bonds. The van der Waals surface area contributed by atoms with E-state index >= 15 is 0 Å². The third-order valence-corrected chi connectivity index (χ3v) is 5.17. The monoisotopic (exact) mass is 348 g/mol. The van der Waals surface area contributed by atoms with Gasteiger partial charge in [0, 0.05) is 5.92 Å². The van der Waals surface area contributed by atoms with E-state index in [1.807, 2.05) is 13.0 Å². The molecule has 1 heterocycles. The van der Waals surface area contributed by atoms with Crippen LogP contribution >= 0.6 is 0 Å². The van der Waals surface area contributed by atoms with Crippen molar-refractivity contribution >= 4 is 16.2 Å². The van der Waals surface area contributed by atoms with E-state index in [1.54, 1.807) is 18.2 Å². The van der Waals surface area contributed by atoms with Crippen molar-refractivity contribution in [3.05, 3.63) is 47.9 Å². The van der Waals surface area contributed by atoms with Crippen molar-refractivity contribution in [3.8, 4) is 5.75 Å². The van der Waals surface area contributed by atoms with E-state index in [0.717, 1.165) is 12.2 Å². The predicted octanol–water partition coefficient (Wildman–Crippen LogP) is 3.11. The highest BCUT2D eigenvalue weighted by molar-refractivity contribution is 7.89. The Labute approximate surface area is 141 Å². The van der Waals surface area contributed by atoms with Crippen molar-refractivity contribution in [1.82, 2.24) is 4.83 Å². The van der Waals surface area contributed by atoms with Crippen LogP contribution in [0.2, 0.25) is 0 Å². The second kappa shape index (κ2) is 6.68. The first-order valence-electron chi connectivity index (χ1n) is 7.87. The molecule has 1 fully saturated rings. The molecule has 2 aromatic rings. The highest BCUT2D eigenvalue weighted by Crippen LogP contribution is 2.47. The van der Waals surface area contributed by atoms with Crippen LogP contribution in [-0.4, -0.2) is 21.2 Å². The molecule has 3 rings (SSSR count). The zero-order valence-electron chi connectivity index (χ0n) is 13.6. The second-order valence-electron chi connectivity index (χ2n) is 5.82. The molecule has 1 aliphatic rings. The molecule has 24 heavy (non-hydrogen) atoms. The van der Waals surface area contributed by atoms with E-state index in [9.17, 15) is 8.42 Å². The fraction of sp³-hybridized carbons (Fsp3) is 0.353. The molecule has 128 valence electrons. The SMILES string of the molecule is CCOc1ccc(S(=O)(=O)N/N=C\c2ccc([C@@H]3C[C@H]3C)o2)cc1. The Morgan fingerprint density at radius 1 is 1.29 bits per heavy atom. The Morgan fingerprint density at radius 3 is 2.62 bits per heavy atom. The molecule has 2 atom stereocenters.